The first-order chi connectivity index (χ1) is 8.15. The highest BCUT2D eigenvalue weighted by Gasteiger charge is 2.19. The second kappa shape index (κ2) is 4.59. The zero-order valence-electron chi connectivity index (χ0n) is 9.24. The molecule has 0 atom stereocenters. The molecule has 1 aromatic heterocycles. The summed E-state index contributed by atoms with van der Waals surface area (Å²) in [4.78, 5) is 15.8. The third-order valence-electron chi connectivity index (χ3n) is 2.37. The first-order valence-electron chi connectivity index (χ1n) is 5.16. The largest absolute Gasteiger partial charge is 0.462 e. The molecule has 0 bridgehead atoms. The highest BCUT2D eigenvalue weighted by atomic mass is 35.5. The molecule has 1 heterocycles. The molecule has 2 aromatic rings. The molecule has 17 heavy (non-hydrogen) atoms. The number of pyridine rings is 1. The molecule has 2 rings (SSSR count). The van der Waals surface area contributed by atoms with E-state index in [2.05, 4.69) is 4.98 Å². The summed E-state index contributed by atoms with van der Waals surface area (Å²) in [7, 11) is 0. The van der Waals surface area contributed by atoms with E-state index in [1.807, 2.05) is 12.1 Å². The van der Waals surface area contributed by atoms with Gasteiger partial charge >= 0.3 is 5.97 Å². The number of nitrogens with zero attached hydrogens (tertiary/aromatic N) is 1. The molecule has 2 N–H and O–H groups in total. The van der Waals surface area contributed by atoms with Gasteiger partial charge in [0.25, 0.3) is 0 Å². The Morgan fingerprint density at radius 2 is 2.18 bits per heavy atom. The third-order valence-corrected chi connectivity index (χ3v) is 2.64. The average molecular weight is 251 g/mol. The number of carbonyl (C=O) groups excluding carboxylic acids is 1. The molecular formula is C12H11ClN2O2. The SMILES string of the molecule is CCOC(=O)c1c(Cl)nc2ccccc2c1N. The highest BCUT2D eigenvalue weighted by Crippen LogP contribution is 2.29. The number of carbonyl (C=O) groups is 1. The van der Waals surface area contributed by atoms with Gasteiger partial charge in [-0.15, -0.1) is 0 Å². The summed E-state index contributed by atoms with van der Waals surface area (Å²) in [5, 5.41) is 0.764. The fraction of sp³-hybridized carbons (Fsp3) is 0.167. The van der Waals surface area contributed by atoms with Crippen molar-refractivity contribution in [1.82, 2.24) is 4.98 Å². The summed E-state index contributed by atoms with van der Waals surface area (Å²) in [6.07, 6.45) is 0. The summed E-state index contributed by atoms with van der Waals surface area (Å²) < 4.78 is 4.90. The van der Waals surface area contributed by atoms with Gasteiger partial charge in [0.2, 0.25) is 0 Å². The Bertz CT molecular complexity index is 584. The van der Waals surface area contributed by atoms with Gasteiger partial charge in [-0.2, -0.15) is 0 Å². The van der Waals surface area contributed by atoms with Gasteiger partial charge in [0.1, 0.15) is 10.7 Å². The molecule has 0 aliphatic rings. The van der Waals surface area contributed by atoms with Crippen LogP contribution < -0.4 is 5.73 Å². The lowest BCUT2D eigenvalue weighted by Crippen LogP contribution is -2.10. The van der Waals surface area contributed by atoms with Crippen LogP contribution in [0.5, 0.6) is 0 Å². The van der Waals surface area contributed by atoms with Crippen LogP contribution in [-0.4, -0.2) is 17.6 Å². The monoisotopic (exact) mass is 250 g/mol. The van der Waals surface area contributed by atoms with Gasteiger partial charge in [-0.25, -0.2) is 9.78 Å². The lowest BCUT2D eigenvalue weighted by molar-refractivity contribution is 0.0527. The van der Waals surface area contributed by atoms with E-state index in [4.69, 9.17) is 22.1 Å². The third kappa shape index (κ3) is 2.03. The smallest absolute Gasteiger partial charge is 0.343 e. The molecule has 0 saturated heterocycles. The van der Waals surface area contributed by atoms with Crippen molar-refractivity contribution in [3.8, 4) is 0 Å². The maximum absolute atomic E-state index is 11.7. The number of para-hydroxylation sites is 1. The molecule has 0 saturated carbocycles. The summed E-state index contributed by atoms with van der Waals surface area (Å²) in [5.74, 6) is -0.548. The molecule has 0 aliphatic carbocycles. The van der Waals surface area contributed by atoms with E-state index >= 15 is 0 Å². The standard InChI is InChI=1S/C12H11ClN2O2/c1-2-17-12(16)9-10(14)7-5-3-4-6-8(7)15-11(9)13/h3-6H,2H2,1H3,(H2,14,15). The molecule has 0 aliphatic heterocycles. The van der Waals surface area contributed by atoms with Crippen molar-refractivity contribution in [1.29, 1.82) is 0 Å². The molecule has 0 fully saturated rings. The fourth-order valence-electron chi connectivity index (χ4n) is 1.60. The van der Waals surface area contributed by atoms with Crippen molar-refractivity contribution in [2.75, 3.05) is 12.3 Å². The molecule has 0 amide bonds. The lowest BCUT2D eigenvalue weighted by Gasteiger charge is -2.09. The van der Waals surface area contributed by atoms with E-state index < -0.39 is 5.97 Å². The molecule has 0 spiro atoms. The molecule has 5 heteroatoms. The normalized spacial score (nSPS) is 10.5. The van der Waals surface area contributed by atoms with E-state index in [0.29, 0.717) is 16.6 Å². The Morgan fingerprint density at radius 1 is 1.47 bits per heavy atom. The minimum atomic E-state index is -0.548. The van der Waals surface area contributed by atoms with Gasteiger partial charge < -0.3 is 10.5 Å². The van der Waals surface area contributed by atoms with Crippen LogP contribution in [0.4, 0.5) is 5.69 Å². The quantitative estimate of drug-likeness (QED) is 0.657. The summed E-state index contributed by atoms with van der Waals surface area (Å²) in [6, 6.07) is 7.22. The minimum absolute atomic E-state index is 0.0691. The van der Waals surface area contributed by atoms with E-state index in [-0.39, 0.29) is 17.3 Å². The Hall–Kier alpha value is -1.81. The van der Waals surface area contributed by atoms with Crippen molar-refractivity contribution < 1.29 is 9.53 Å². The van der Waals surface area contributed by atoms with Crippen LogP contribution >= 0.6 is 11.6 Å². The van der Waals surface area contributed by atoms with Crippen molar-refractivity contribution in [2.24, 2.45) is 0 Å². The summed E-state index contributed by atoms with van der Waals surface area (Å²) >= 11 is 5.95. The lowest BCUT2D eigenvalue weighted by atomic mass is 10.1. The van der Waals surface area contributed by atoms with Gasteiger partial charge in [0.15, 0.2) is 0 Å². The number of nitrogen functional groups attached to an aromatic ring is 1. The van der Waals surface area contributed by atoms with Gasteiger partial charge in [0, 0.05) is 5.39 Å². The van der Waals surface area contributed by atoms with E-state index in [1.54, 1.807) is 19.1 Å². The summed E-state index contributed by atoms with van der Waals surface area (Å²) in [5.41, 5.74) is 7.02. The van der Waals surface area contributed by atoms with Crippen LogP contribution in [0.2, 0.25) is 5.15 Å². The van der Waals surface area contributed by atoms with E-state index in [0.717, 1.165) is 0 Å². The van der Waals surface area contributed by atoms with Gasteiger partial charge in [-0.05, 0) is 13.0 Å². The van der Waals surface area contributed by atoms with Crippen LogP contribution in [0.25, 0.3) is 10.9 Å². The predicted octanol–water partition coefficient (Wildman–Crippen LogP) is 2.65. The first kappa shape index (κ1) is 11.7. The van der Waals surface area contributed by atoms with Crippen molar-refractivity contribution in [2.45, 2.75) is 6.92 Å². The average Bonchev–Trinajstić information content (AvgIpc) is 2.29. The van der Waals surface area contributed by atoms with Crippen LogP contribution in [0.15, 0.2) is 24.3 Å². The van der Waals surface area contributed by atoms with Crippen LogP contribution in [0.1, 0.15) is 17.3 Å². The van der Waals surface area contributed by atoms with Crippen LogP contribution in [0, 0.1) is 0 Å². The number of anilines is 1. The number of aromatic nitrogens is 1. The maximum atomic E-state index is 11.7. The van der Waals surface area contributed by atoms with Gasteiger partial charge in [-0.1, -0.05) is 29.8 Å². The minimum Gasteiger partial charge on any atom is -0.462 e. The van der Waals surface area contributed by atoms with E-state index in [9.17, 15) is 4.79 Å². The van der Waals surface area contributed by atoms with Crippen molar-refractivity contribution in [3.05, 3.63) is 35.0 Å². The van der Waals surface area contributed by atoms with Crippen LogP contribution in [0.3, 0.4) is 0 Å². The highest BCUT2D eigenvalue weighted by molar-refractivity contribution is 6.34. The first-order valence-corrected chi connectivity index (χ1v) is 5.53. The van der Waals surface area contributed by atoms with Crippen LogP contribution in [-0.2, 0) is 4.74 Å². The topological polar surface area (TPSA) is 65.2 Å². The number of nitrogens with two attached hydrogens (primary N) is 1. The number of halogens is 1. The number of fused-ring (bicyclic) bond motifs is 1. The zero-order chi connectivity index (χ0) is 12.4. The zero-order valence-corrected chi connectivity index (χ0v) is 9.99. The number of rotatable bonds is 2. The van der Waals surface area contributed by atoms with Crippen molar-refractivity contribution in [3.63, 3.8) is 0 Å². The second-order valence-electron chi connectivity index (χ2n) is 3.43. The number of esters is 1. The van der Waals surface area contributed by atoms with Gasteiger partial charge in [0.05, 0.1) is 17.8 Å². The number of hydrogen-bond acceptors (Lipinski definition) is 4. The maximum Gasteiger partial charge on any atom is 0.343 e. The summed E-state index contributed by atoms with van der Waals surface area (Å²) in [6.45, 7) is 1.98. The van der Waals surface area contributed by atoms with Crippen molar-refractivity contribution >= 4 is 34.2 Å². The number of hydrogen-bond donors (Lipinski definition) is 1. The number of benzene rings is 1. The molecule has 1 aromatic carbocycles. The molecule has 4 nitrogen and oxygen atoms in total. The molecule has 88 valence electrons. The second-order valence-corrected chi connectivity index (χ2v) is 3.79. The fourth-order valence-corrected chi connectivity index (χ4v) is 1.87. The Morgan fingerprint density at radius 3 is 2.88 bits per heavy atom. The van der Waals surface area contributed by atoms with Gasteiger partial charge in [-0.3, -0.25) is 0 Å². The number of ether oxygens (including phenoxy) is 1. The Kier molecular flexibility index (Phi) is 3.15. The molecule has 0 unspecified atom stereocenters. The van der Waals surface area contributed by atoms with E-state index in [1.165, 1.54) is 0 Å². The predicted molar refractivity (Wildman–Crippen MR) is 67.1 cm³/mol. The molecule has 0 radical (unpaired) electrons. The Labute approximate surface area is 103 Å². The Balaban J connectivity index is 2.67. The molecular weight excluding hydrogens is 240 g/mol.